The largest absolute Gasteiger partial charge is 0.506 e. The lowest BCUT2D eigenvalue weighted by atomic mass is 10.1. The number of carbonyl (C=O) groups excluding carboxylic acids is 1. The van der Waals surface area contributed by atoms with Crippen LogP contribution in [0.3, 0.4) is 0 Å². The summed E-state index contributed by atoms with van der Waals surface area (Å²) >= 11 is 0. The van der Waals surface area contributed by atoms with E-state index in [0.717, 1.165) is 6.07 Å². The van der Waals surface area contributed by atoms with Crippen molar-refractivity contribution in [3.05, 3.63) is 69.9 Å². The molecule has 25 heavy (non-hydrogen) atoms. The number of amides is 1. The first-order valence-corrected chi connectivity index (χ1v) is 8.56. The molecule has 130 valence electrons. The van der Waals surface area contributed by atoms with Crippen LogP contribution in [0.1, 0.15) is 11.1 Å². The second-order valence-electron chi connectivity index (χ2n) is 5.27. The third kappa shape index (κ3) is 2.86. The summed E-state index contributed by atoms with van der Waals surface area (Å²) < 4.78 is 64.4. The summed E-state index contributed by atoms with van der Waals surface area (Å²) in [5, 5.41) is 12.0. The normalized spacial score (nSPS) is 15.6. The van der Waals surface area contributed by atoms with Gasteiger partial charge in [0.05, 0.1) is 11.4 Å². The van der Waals surface area contributed by atoms with Gasteiger partial charge in [-0.05, 0) is 17.7 Å². The SMILES string of the molecule is O=C(Nc1ccc(F)c(F)c1F)C1=C(O)c2ccccc2CS1(=O)=O. The predicted octanol–water partition coefficient (Wildman–Crippen LogP) is 2.90. The van der Waals surface area contributed by atoms with Gasteiger partial charge in [0.15, 0.2) is 32.2 Å². The Bertz CT molecular complexity index is 1030. The number of halogens is 3. The Kier molecular flexibility index (Phi) is 4.03. The zero-order valence-electron chi connectivity index (χ0n) is 12.4. The summed E-state index contributed by atoms with van der Waals surface area (Å²) in [5.41, 5.74) is -0.304. The quantitative estimate of drug-likeness (QED) is 0.798. The molecule has 1 aliphatic rings. The van der Waals surface area contributed by atoms with Crippen LogP contribution in [0.25, 0.3) is 5.76 Å². The zero-order chi connectivity index (χ0) is 18.4. The fourth-order valence-electron chi connectivity index (χ4n) is 2.47. The van der Waals surface area contributed by atoms with Gasteiger partial charge in [-0.1, -0.05) is 24.3 Å². The molecule has 0 unspecified atom stereocenters. The van der Waals surface area contributed by atoms with Crippen molar-refractivity contribution in [2.75, 3.05) is 5.32 Å². The summed E-state index contributed by atoms with van der Waals surface area (Å²) in [7, 11) is -4.21. The van der Waals surface area contributed by atoms with Crippen LogP contribution < -0.4 is 5.32 Å². The van der Waals surface area contributed by atoms with E-state index in [1.54, 1.807) is 6.07 Å². The molecular weight excluding hydrogens is 359 g/mol. The van der Waals surface area contributed by atoms with Crippen LogP contribution in [-0.4, -0.2) is 19.4 Å². The van der Waals surface area contributed by atoms with Gasteiger partial charge in [0, 0.05) is 5.56 Å². The Balaban J connectivity index is 2.06. The molecule has 0 aliphatic carbocycles. The molecule has 3 rings (SSSR count). The summed E-state index contributed by atoms with van der Waals surface area (Å²) in [4.78, 5) is 11.3. The van der Waals surface area contributed by atoms with Crippen LogP contribution in [0.15, 0.2) is 41.3 Å². The van der Waals surface area contributed by atoms with Crippen molar-refractivity contribution < 1.29 is 31.5 Å². The first-order chi connectivity index (χ1) is 11.7. The second-order valence-corrected chi connectivity index (χ2v) is 7.20. The minimum absolute atomic E-state index is 0.147. The van der Waals surface area contributed by atoms with E-state index in [2.05, 4.69) is 0 Å². The minimum Gasteiger partial charge on any atom is -0.506 e. The Morgan fingerprint density at radius 3 is 2.44 bits per heavy atom. The molecule has 0 fully saturated rings. The fourth-order valence-corrected chi connectivity index (χ4v) is 4.02. The number of rotatable bonds is 2. The molecule has 9 heteroatoms. The van der Waals surface area contributed by atoms with Crippen LogP contribution in [0.4, 0.5) is 18.9 Å². The lowest BCUT2D eigenvalue weighted by Gasteiger charge is -2.19. The number of carbonyl (C=O) groups is 1. The fraction of sp³-hybridized carbons (Fsp3) is 0.0625. The lowest BCUT2D eigenvalue weighted by Crippen LogP contribution is -2.27. The highest BCUT2D eigenvalue weighted by molar-refractivity contribution is 7.95. The highest BCUT2D eigenvalue weighted by atomic mass is 32.2. The van der Waals surface area contributed by atoms with Crippen molar-refractivity contribution in [3.8, 4) is 0 Å². The van der Waals surface area contributed by atoms with Crippen molar-refractivity contribution in [3.63, 3.8) is 0 Å². The molecule has 0 saturated carbocycles. The first kappa shape index (κ1) is 17.0. The Morgan fingerprint density at radius 1 is 1.04 bits per heavy atom. The molecule has 2 aromatic rings. The number of anilines is 1. The second kappa shape index (κ2) is 5.92. The van der Waals surface area contributed by atoms with E-state index in [1.165, 1.54) is 18.2 Å². The van der Waals surface area contributed by atoms with Crippen LogP contribution in [-0.2, 0) is 20.4 Å². The average Bonchev–Trinajstić information content (AvgIpc) is 2.54. The van der Waals surface area contributed by atoms with Crippen LogP contribution >= 0.6 is 0 Å². The smallest absolute Gasteiger partial charge is 0.271 e. The summed E-state index contributed by atoms with van der Waals surface area (Å²) in [5.74, 6) is -7.62. The van der Waals surface area contributed by atoms with Crippen LogP contribution in [0.5, 0.6) is 0 Å². The van der Waals surface area contributed by atoms with E-state index < -0.39 is 55.3 Å². The number of nitrogens with one attached hydrogen (secondary N) is 1. The van der Waals surface area contributed by atoms with Crippen LogP contribution in [0.2, 0.25) is 0 Å². The van der Waals surface area contributed by atoms with E-state index in [0.29, 0.717) is 11.6 Å². The Labute approximate surface area is 140 Å². The molecule has 2 aromatic carbocycles. The van der Waals surface area contributed by atoms with Crippen molar-refractivity contribution in [2.24, 2.45) is 0 Å². The number of aliphatic hydroxyl groups excluding tert-OH is 1. The van der Waals surface area contributed by atoms with E-state index in [-0.39, 0.29) is 5.56 Å². The molecule has 2 N–H and O–H groups in total. The molecule has 0 spiro atoms. The number of hydrogen-bond donors (Lipinski definition) is 2. The van der Waals surface area contributed by atoms with Crippen molar-refractivity contribution in [1.82, 2.24) is 0 Å². The molecule has 1 amide bonds. The molecule has 1 aliphatic heterocycles. The van der Waals surface area contributed by atoms with Crippen molar-refractivity contribution in [2.45, 2.75) is 5.75 Å². The molecule has 5 nitrogen and oxygen atoms in total. The van der Waals surface area contributed by atoms with Gasteiger partial charge in [-0.15, -0.1) is 0 Å². The van der Waals surface area contributed by atoms with E-state index in [9.17, 15) is 31.5 Å². The zero-order valence-corrected chi connectivity index (χ0v) is 13.2. The van der Waals surface area contributed by atoms with Gasteiger partial charge >= 0.3 is 0 Å². The maximum Gasteiger partial charge on any atom is 0.271 e. The third-order valence-electron chi connectivity index (χ3n) is 3.63. The van der Waals surface area contributed by atoms with Gasteiger partial charge in [-0.3, -0.25) is 4.79 Å². The molecule has 1 heterocycles. The van der Waals surface area contributed by atoms with E-state index in [4.69, 9.17) is 0 Å². The summed E-state index contributed by atoms with van der Waals surface area (Å²) in [6.45, 7) is 0. The number of sulfone groups is 1. The maximum atomic E-state index is 13.7. The monoisotopic (exact) mass is 369 g/mol. The van der Waals surface area contributed by atoms with Gasteiger partial charge in [0.2, 0.25) is 0 Å². The third-order valence-corrected chi connectivity index (χ3v) is 5.33. The van der Waals surface area contributed by atoms with Crippen molar-refractivity contribution in [1.29, 1.82) is 0 Å². The van der Waals surface area contributed by atoms with Crippen molar-refractivity contribution >= 4 is 27.2 Å². The summed E-state index contributed by atoms with van der Waals surface area (Å²) in [6, 6.07) is 7.33. The molecular formula is C16H10F3NO4S. The average molecular weight is 369 g/mol. The maximum absolute atomic E-state index is 13.7. The highest BCUT2D eigenvalue weighted by Crippen LogP contribution is 2.33. The van der Waals surface area contributed by atoms with Gasteiger partial charge in [0.25, 0.3) is 5.91 Å². The standard InChI is InChI=1S/C16H10F3NO4S/c17-10-5-6-11(13(19)12(10)18)20-16(22)15-14(21)9-4-2-1-3-8(9)7-25(15,23)24/h1-6,21H,7H2,(H,20,22). The molecule has 0 bridgehead atoms. The predicted molar refractivity (Wildman–Crippen MR) is 83.6 cm³/mol. The van der Waals surface area contributed by atoms with E-state index in [1.807, 2.05) is 5.32 Å². The molecule has 0 aromatic heterocycles. The number of fused-ring (bicyclic) bond motifs is 1. The van der Waals surface area contributed by atoms with Gasteiger partial charge in [0.1, 0.15) is 5.76 Å². The first-order valence-electron chi connectivity index (χ1n) is 6.91. The van der Waals surface area contributed by atoms with Gasteiger partial charge in [-0.2, -0.15) is 0 Å². The number of benzene rings is 2. The topological polar surface area (TPSA) is 83.5 Å². The van der Waals surface area contributed by atoms with Crippen LogP contribution in [0, 0.1) is 17.5 Å². The molecule has 0 atom stereocenters. The lowest BCUT2D eigenvalue weighted by molar-refractivity contribution is -0.112. The summed E-state index contributed by atoms with van der Waals surface area (Å²) in [6.07, 6.45) is 0. The minimum atomic E-state index is -4.21. The Hall–Kier alpha value is -2.81. The van der Waals surface area contributed by atoms with Gasteiger partial charge in [-0.25, -0.2) is 21.6 Å². The molecule has 0 saturated heterocycles. The Morgan fingerprint density at radius 2 is 1.72 bits per heavy atom. The van der Waals surface area contributed by atoms with E-state index >= 15 is 0 Å². The number of aliphatic hydroxyl groups is 1. The highest BCUT2D eigenvalue weighted by Gasteiger charge is 2.36. The van der Waals surface area contributed by atoms with Gasteiger partial charge < -0.3 is 10.4 Å². The molecule has 0 radical (unpaired) electrons. The number of hydrogen-bond acceptors (Lipinski definition) is 4.